The number of benzene rings is 2. The fourth-order valence-corrected chi connectivity index (χ4v) is 2.31. The van der Waals surface area contributed by atoms with E-state index in [1.54, 1.807) is 6.07 Å². The molecule has 0 fully saturated rings. The molecule has 19 heavy (non-hydrogen) atoms. The smallest absolute Gasteiger partial charge is 0.137 e. The molecule has 0 unspecified atom stereocenters. The van der Waals surface area contributed by atoms with Gasteiger partial charge in [-0.1, -0.05) is 41.9 Å². The lowest BCUT2D eigenvalue weighted by Crippen LogP contribution is -1.86. The Labute approximate surface area is 115 Å². The second kappa shape index (κ2) is 4.72. The van der Waals surface area contributed by atoms with Gasteiger partial charge >= 0.3 is 0 Å². The summed E-state index contributed by atoms with van der Waals surface area (Å²) < 4.78 is 0. The highest BCUT2D eigenvalue weighted by Crippen LogP contribution is 2.30. The largest absolute Gasteiger partial charge is 0.235 e. The minimum atomic E-state index is 0.453. The monoisotopic (exact) mass is 264 g/mol. The van der Waals surface area contributed by atoms with Gasteiger partial charge in [-0.3, -0.25) is 0 Å². The number of nitrogens with zero attached hydrogens (tertiary/aromatic N) is 2. The van der Waals surface area contributed by atoms with Crippen molar-refractivity contribution in [3.05, 3.63) is 65.3 Å². The lowest BCUT2D eigenvalue weighted by Gasteiger charge is -2.06. The molecule has 1 aromatic heterocycles. The zero-order valence-corrected chi connectivity index (χ0v) is 10.7. The average molecular weight is 265 g/mol. The molecule has 0 spiro atoms. The van der Waals surface area contributed by atoms with Crippen molar-refractivity contribution in [1.82, 2.24) is 4.98 Å². The Kier molecular flexibility index (Phi) is 2.91. The minimum absolute atomic E-state index is 0.453. The lowest BCUT2D eigenvalue weighted by molar-refractivity contribution is 1.40. The van der Waals surface area contributed by atoms with Crippen LogP contribution in [0.5, 0.6) is 0 Å². The topological polar surface area (TPSA) is 36.7 Å². The molecule has 0 saturated carbocycles. The Morgan fingerprint density at radius 2 is 1.84 bits per heavy atom. The highest BCUT2D eigenvalue weighted by atomic mass is 35.5. The van der Waals surface area contributed by atoms with Crippen molar-refractivity contribution in [3.8, 4) is 17.2 Å². The van der Waals surface area contributed by atoms with E-state index in [1.807, 2.05) is 48.5 Å². The Morgan fingerprint density at radius 1 is 1.00 bits per heavy atom. The van der Waals surface area contributed by atoms with Gasteiger partial charge in [0.1, 0.15) is 5.15 Å². The number of rotatable bonds is 1. The maximum atomic E-state index is 8.95. The van der Waals surface area contributed by atoms with Crippen LogP contribution in [0.2, 0.25) is 5.15 Å². The van der Waals surface area contributed by atoms with Crippen LogP contribution in [-0.4, -0.2) is 4.98 Å². The summed E-state index contributed by atoms with van der Waals surface area (Å²) in [7, 11) is 0. The van der Waals surface area contributed by atoms with Gasteiger partial charge < -0.3 is 0 Å². The molecule has 0 aliphatic heterocycles. The van der Waals surface area contributed by atoms with E-state index in [4.69, 9.17) is 16.9 Å². The van der Waals surface area contributed by atoms with Crippen LogP contribution >= 0.6 is 11.6 Å². The van der Waals surface area contributed by atoms with Gasteiger partial charge in [-0.05, 0) is 29.8 Å². The number of hydrogen-bond donors (Lipinski definition) is 0. The summed E-state index contributed by atoms with van der Waals surface area (Å²) in [6.45, 7) is 0. The zero-order valence-electron chi connectivity index (χ0n) is 9.97. The number of fused-ring (bicyclic) bond motifs is 1. The molecule has 3 heteroatoms. The molecule has 3 rings (SSSR count). The minimum Gasteiger partial charge on any atom is -0.235 e. The molecule has 2 aromatic carbocycles. The quantitative estimate of drug-likeness (QED) is 0.610. The van der Waals surface area contributed by atoms with Crippen molar-refractivity contribution in [2.24, 2.45) is 0 Å². The predicted molar refractivity (Wildman–Crippen MR) is 76.9 cm³/mol. The van der Waals surface area contributed by atoms with E-state index >= 15 is 0 Å². The lowest BCUT2D eigenvalue weighted by atomic mass is 10.0. The van der Waals surface area contributed by atoms with Crippen molar-refractivity contribution in [1.29, 1.82) is 5.26 Å². The number of para-hydroxylation sites is 1. The van der Waals surface area contributed by atoms with Crippen molar-refractivity contribution in [2.45, 2.75) is 0 Å². The maximum absolute atomic E-state index is 8.95. The van der Waals surface area contributed by atoms with E-state index in [0.29, 0.717) is 10.7 Å². The van der Waals surface area contributed by atoms with Gasteiger partial charge in [0, 0.05) is 10.9 Å². The molecule has 0 amide bonds. The van der Waals surface area contributed by atoms with E-state index in [1.165, 1.54) is 0 Å². The predicted octanol–water partition coefficient (Wildman–Crippen LogP) is 4.43. The highest BCUT2D eigenvalue weighted by Gasteiger charge is 2.07. The molecule has 2 nitrogen and oxygen atoms in total. The summed E-state index contributed by atoms with van der Waals surface area (Å²) in [4.78, 5) is 4.39. The third-order valence-corrected chi connectivity index (χ3v) is 3.27. The summed E-state index contributed by atoms with van der Waals surface area (Å²) in [5.41, 5.74) is 3.23. The Hall–Kier alpha value is -2.37. The number of hydrogen-bond acceptors (Lipinski definition) is 2. The van der Waals surface area contributed by atoms with Gasteiger partial charge in [0.2, 0.25) is 0 Å². The SMILES string of the molecule is N#Cc1cccc(-c2cc3ccccc3nc2Cl)c1. The Bertz CT molecular complexity index is 803. The first-order valence-electron chi connectivity index (χ1n) is 5.84. The van der Waals surface area contributed by atoms with Crippen LogP contribution in [0.4, 0.5) is 0 Å². The third-order valence-electron chi connectivity index (χ3n) is 2.98. The van der Waals surface area contributed by atoms with E-state index in [-0.39, 0.29) is 0 Å². The molecule has 0 aliphatic rings. The molecule has 0 bridgehead atoms. The first-order chi connectivity index (χ1) is 9.28. The van der Waals surface area contributed by atoms with Gasteiger partial charge in [-0.2, -0.15) is 5.26 Å². The van der Waals surface area contributed by atoms with Crippen molar-refractivity contribution in [3.63, 3.8) is 0 Å². The Balaban J connectivity index is 2.24. The van der Waals surface area contributed by atoms with Crippen LogP contribution in [0, 0.1) is 11.3 Å². The summed E-state index contributed by atoms with van der Waals surface area (Å²) in [6, 6.07) is 19.3. The Morgan fingerprint density at radius 3 is 2.68 bits per heavy atom. The molecule has 0 aliphatic carbocycles. The van der Waals surface area contributed by atoms with E-state index in [0.717, 1.165) is 22.0 Å². The van der Waals surface area contributed by atoms with Crippen molar-refractivity contribution in [2.75, 3.05) is 0 Å². The molecule has 0 saturated heterocycles. The fraction of sp³-hybridized carbons (Fsp3) is 0. The van der Waals surface area contributed by atoms with Crippen LogP contribution in [0.15, 0.2) is 54.6 Å². The fourth-order valence-electron chi connectivity index (χ4n) is 2.05. The first kappa shape index (κ1) is 11.7. The summed E-state index contributed by atoms with van der Waals surface area (Å²) in [5, 5.41) is 10.4. The number of nitriles is 1. The standard InChI is InChI=1S/C16H9ClN2/c17-16-14(12-6-3-4-11(8-12)10-18)9-13-5-1-2-7-15(13)19-16/h1-9H. The first-order valence-corrected chi connectivity index (χ1v) is 6.21. The highest BCUT2D eigenvalue weighted by molar-refractivity contribution is 6.32. The van der Waals surface area contributed by atoms with Crippen LogP contribution in [0.1, 0.15) is 5.56 Å². The number of aromatic nitrogens is 1. The van der Waals surface area contributed by atoms with E-state index < -0.39 is 0 Å². The van der Waals surface area contributed by atoms with Crippen LogP contribution in [0.3, 0.4) is 0 Å². The van der Waals surface area contributed by atoms with Gasteiger partial charge in [0.15, 0.2) is 0 Å². The molecular formula is C16H9ClN2. The summed E-state index contributed by atoms with van der Waals surface area (Å²) in [6.07, 6.45) is 0. The van der Waals surface area contributed by atoms with E-state index in [9.17, 15) is 0 Å². The zero-order chi connectivity index (χ0) is 13.2. The number of pyridine rings is 1. The van der Waals surface area contributed by atoms with Crippen LogP contribution in [0.25, 0.3) is 22.0 Å². The van der Waals surface area contributed by atoms with Gasteiger partial charge in [-0.25, -0.2) is 4.98 Å². The van der Waals surface area contributed by atoms with Gasteiger partial charge in [0.25, 0.3) is 0 Å². The average Bonchev–Trinajstić information content (AvgIpc) is 2.46. The molecule has 0 radical (unpaired) electrons. The van der Waals surface area contributed by atoms with Crippen molar-refractivity contribution >= 4 is 22.5 Å². The van der Waals surface area contributed by atoms with Crippen LogP contribution in [-0.2, 0) is 0 Å². The van der Waals surface area contributed by atoms with Gasteiger partial charge in [0.05, 0.1) is 17.1 Å². The maximum Gasteiger partial charge on any atom is 0.137 e. The van der Waals surface area contributed by atoms with E-state index in [2.05, 4.69) is 11.1 Å². The van der Waals surface area contributed by atoms with Gasteiger partial charge in [-0.15, -0.1) is 0 Å². The second-order valence-corrected chi connectivity index (χ2v) is 4.57. The molecular weight excluding hydrogens is 256 g/mol. The summed E-state index contributed by atoms with van der Waals surface area (Å²) >= 11 is 6.24. The van der Waals surface area contributed by atoms with Crippen molar-refractivity contribution < 1.29 is 0 Å². The molecule has 0 atom stereocenters. The third kappa shape index (κ3) is 2.16. The second-order valence-electron chi connectivity index (χ2n) is 4.21. The molecule has 90 valence electrons. The molecule has 0 N–H and O–H groups in total. The molecule has 3 aromatic rings. The number of halogens is 1. The van der Waals surface area contributed by atoms with Crippen LogP contribution < -0.4 is 0 Å². The normalized spacial score (nSPS) is 10.3. The molecule has 1 heterocycles. The summed E-state index contributed by atoms with van der Waals surface area (Å²) in [5.74, 6) is 0.